The highest BCUT2D eigenvalue weighted by Crippen LogP contribution is 2.33. The van der Waals surface area contributed by atoms with Crippen molar-refractivity contribution < 1.29 is 0 Å². The van der Waals surface area contributed by atoms with E-state index >= 15 is 0 Å². The molecule has 84 valence electrons. The topological polar surface area (TPSA) is 12.0 Å². The fourth-order valence-electron chi connectivity index (χ4n) is 2.47. The summed E-state index contributed by atoms with van der Waals surface area (Å²) in [5.74, 6) is 0.893. The monoisotopic (exact) mass is 287 g/mol. The van der Waals surface area contributed by atoms with Crippen molar-refractivity contribution in [1.29, 1.82) is 0 Å². The van der Waals surface area contributed by atoms with E-state index in [0.717, 1.165) is 18.5 Å². The second kappa shape index (κ2) is 5.46. The Hall–Kier alpha value is 0.140. The van der Waals surface area contributed by atoms with Crippen LogP contribution in [-0.4, -0.2) is 12.6 Å². The van der Waals surface area contributed by atoms with Crippen LogP contribution in [0, 0.1) is 5.92 Å². The molecule has 2 rings (SSSR count). The molecule has 15 heavy (non-hydrogen) atoms. The van der Waals surface area contributed by atoms with Crippen molar-refractivity contribution >= 4 is 27.3 Å². The molecule has 1 nitrogen and oxygen atoms in total. The van der Waals surface area contributed by atoms with Gasteiger partial charge < -0.3 is 5.32 Å². The maximum atomic E-state index is 3.61. The molecule has 1 N–H and O–H groups in total. The van der Waals surface area contributed by atoms with Crippen molar-refractivity contribution in [3.8, 4) is 0 Å². The molecule has 0 aliphatic heterocycles. The molecule has 0 saturated heterocycles. The molecule has 0 radical (unpaired) electrons. The Morgan fingerprint density at radius 2 is 2.40 bits per heavy atom. The number of rotatable bonds is 4. The van der Waals surface area contributed by atoms with Gasteiger partial charge in [-0.15, -0.1) is 11.3 Å². The van der Waals surface area contributed by atoms with Crippen LogP contribution in [0.3, 0.4) is 0 Å². The zero-order valence-electron chi connectivity index (χ0n) is 9.13. The average molecular weight is 288 g/mol. The van der Waals surface area contributed by atoms with Crippen LogP contribution < -0.4 is 5.32 Å². The molecule has 0 bridgehead atoms. The summed E-state index contributed by atoms with van der Waals surface area (Å²) in [5, 5.41) is 5.74. The largest absolute Gasteiger partial charge is 0.314 e. The summed E-state index contributed by atoms with van der Waals surface area (Å²) in [7, 11) is 0. The van der Waals surface area contributed by atoms with E-state index < -0.39 is 0 Å². The van der Waals surface area contributed by atoms with Crippen LogP contribution >= 0.6 is 27.3 Å². The molecular formula is C12H18BrNS. The highest BCUT2D eigenvalue weighted by molar-refractivity contribution is 9.10. The lowest BCUT2D eigenvalue weighted by molar-refractivity contribution is 0.495. The lowest BCUT2D eigenvalue weighted by atomic mass is 10.0. The smallest absolute Gasteiger partial charge is 0.0314 e. The van der Waals surface area contributed by atoms with Gasteiger partial charge in [-0.2, -0.15) is 0 Å². The Morgan fingerprint density at radius 1 is 1.53 bits per heavy atom. The van der Waals surface area contributed by atoms with E-state index in [1.54, 1.807) is 0 Å². The van der Waals surface area contributed by atoms with Gasteiger partial charge in [-0.05, 0) is 65.5 Å². The number of thiophene rings is 1. The molecule has 1 fully saturated rings. The van der Waals surface area contributed by atoms with Gasteiger partial charge >= 0.3 is 0 Å². The predicted octanol–water partition coefficient (Wildman–Crippen LogP) is 3.83. The van der Waals surface area contributed by atoms with Crippen LogP contribution in [0.1, 0.15) is 31.1 Å². The summed E-state index contributed by atoms with van der Waals surface area (Å²) < 4.78 is 1.31. The van der Waals surface area contributed by atoms with E-state index in [1.165, 1.54) is 35.0 Å². The normalized spacial score (nSPS) is 26.0. The van der Waals surface area contributed by atoms with Gasteiger partial charge in [-0.3, -0.25) is 0 Å². The number of halogens is 1. The van der Waals surface area contributed by atoms with E-state index in [9.17, 15) is 0 Å². The number of hydrogen-bond donors (Lipinski definition) is 1. The Balaban J connectivity index is 1.85. The zero-order chi connectivity index (χ0) is 10.7. The third-order valence-electron chi connectivity index (χ3n) is 3.20. The van der Waals surface area contributed by atoms with Gasteiger partial charge in [0.05, 0.1) is 0 Å². The Bertz CT molecular complexity index is 310. The van der Waals surface area contributed by atoms with Crippen LogP contribution in [0.2, 0.25) is 0 Å². The fraction of sp³-hybridized carbons (Fsp3) is 0.667. The van der Waals surface area contributed by atoms with Crippen LogP contribution in [0.4, 0.5) is 0 Å². The molecule has 3 heteroatoms. The molecule has 2 unspecified atom stereocenters. The summed E-state index contributed by atoms with van der Waals surface area (Å²) >= 11 is 5.50. The second-order valence-electron chi connectivity index (χ2n) is 4.33. The summed E-state index contributed by atoms with van der Waals surface area (Å²) in [6.45, 7) is 3.31. The molecule has 0 spiro atoms. The Kier molecular flexibility index (Phi) is 4.23. The van der Waals surface area contributed by atoms with Crippen LogP contribution in [0.25, 0.3) is 0 Å². The van der Waals surface area contributed by atoms with Gasteiger partial charge in [0.2, 0.25) is 0 Å². The first-order valence-corrected chi connectivity index (χ1v) is 7.42. The average Bonchev–Trinajstić information content (AvgIpc) is 2.79. The standard InChI is InChI=1S/C12H18BrNS/c1-2-14-10-4-3-9(7-10)8-12-11(13)5-6-15-12/h5-6,9-10,14H,2-4,7-8H2,1H3. The van der Waals surface area contributed by atoms with Crippen LogP contribution in [0.5, 0.6) is 0 Å². The van der Waals surface area contributed by atoms with Gasteiger partial charge in [0.15, 0.2) is 0 Å². The molecule has 1 aromatic rings. The van der Waals surface area contributed by atoms with Crippen molar-refractivity contribution in [3.63, 3.8) is 0 Å². The van der Waals surface area contributed by atoms with E-state index in [-0.39, 0.29) is 0 Å². The predicted molar refractivity (Wildman–Crippen MR) is 70.5 cm³/mol. The lowest BCUT2D eigenvalue weighted by Crippen LogP contribution is -2.25. The van der Waals surface area contributed by atoms with E-state index in [1.807, 2.05) is 11.3 Å². The van der Waals surface area contributed by atoms with Crippen LogP contribution in [0.15, 0.2) is 15.9 Å². The molecular weight excluding hydrogens is 270 g/mol. The third-order valence-corrected chi connectivity index (χ3v) is 5.15. The van der Waals surface area contributed by atoms with Crippen molar-refractivity contribution in [3.05, 3.63) is 20.8 Å². The van der Waals surface area contributed by atoms with E-state index in [2.05, 4.69) is 39.6 Å². The van der Waals surface area contributed by atoms with Gasteiger partial charge in [-0.1, -0.05) is 6.92 Å². The van der Waals surface area contributed by atoms with E-state index in [4.69, 9.17) is 0 Å². The molecule has 1 aliphatic carbocycles. The van der Waals surface area contributed by atoms with Crippen molar-refractivity contribution in [1.82, 2.24) is 5.32 Å². The molecule has 2 atom stereocenters. The highest BCUT2D eigenvalue weighted by atomic mass is 79.9. The van der Waals surface area contributed by atoms with Crippen molar-refractivity contribution in [2.24, 2.45) is 5.92 Å². The Morgan fingerprint density at radius 3 is 3.07 bits per heavy atom. The molecule has 0 aromatic carbocycles. The first-order chi connectivity index (χ1) is 7.29. The summed E-state index contributed by atoms with van der Waals surface area (Å²) in [6, 6.07) is 2.94. The fourth-order valence-corrected chi connectivity index (χ4v) is 4.10. The minimum atomic E-state index is 0.777. The van der Waals surface area contributed by atoms with Crippen molar-refractivity contribution in [2.75, 3.05) is 6.54 Å². The van der Waals surface area contributed by atoms with Gasteiger partial charge in [-0.25, -0.2) is 0 Å². The first kappa shape index (κ1) is 11.6. The Labute approximate surface area is 104 Å². The molecule has 1 heterocycles. The quantitative estimate of drug-likeness (QED) is 0.888. The second-order valence-corrected chi connectivity index (χ2v) is 6.18. The van der Waals surface area contributed by atoms with Gasteiger partial charge in [0.25, 0.3) is 0 Å². The molecule has 1 aromatic heterocycles. The maximum absolute atomic E-state index is 3.61. The summed E-state index contributed by atoms with van der Waals surface area (Å²) in [5.41, 5.74) is 0. The van der Waals surface area contributed by atoms with Crippen LogP contribution in [-0.2, 0) is 6.42 Å². The maximum Gasteiger partial charge on any atom is 0.0314 e. The van der Waals surface area contributed by atoms with Gasteiger partial charge in [0, 0.05) is 15.4 Å². The molecule has 1 saturated carbocycles. The van der Waals surface area contributed by atoms with E-state index in [0.29, 0.717) is 0 Å². The summed E-state index contributed by atoms with van der Waals surface area (Å²) in [6.07, 6.45) is 5.38. The minimum Gasteiger partial charge on any atom is -0.314 e. The molecule has 0 amide bonds. The minimum absolute atomic E-state index is 0.777. The number of hydrogen-bond acceptors (Lipinski definition) is 2. The van der Waals surface area contributed by atoms with Crippen molar-refractivity contribution in [2.45, 2.75) is 38.6 Å². The zero-order valence-corrected chi connectivity index (χ0v) is 11.5. The SMILES string of the molecule is CCNC1CCC(Cc2sccc2Br)C1. The molecule has 1 aliphatic rings. The summed E-state index contributed by atoms with van der Waals surface area (Å²) in [4.78, 5) is 1.53. The third kappa shape index (κ3) is 3.05. The lowest BCUT2D eigenvalue weighted by Gasteiger charge is -2.11. The van der Waals surface area contributed by atoms with Gasteiger partial charge in [0.1, 0.15) is 0 Å². The highest BCUT2D eigenvalue weighted by Gasteiger charge is 2.24. The number of nitrogens with one attached hydrogen (secondary N) is 1. The first-order valence-electron chi connectivity index (χ1n) is 5.74.